The molecule has 2 nitrogen and oxygen atoms in total. The molecule has 0 aliphatic heterocycles. The van der Waals surface area contributed by atoms with Crippen LogP contribution in [0.3, 0.4) is 0 Å². The summed E-state index contributed by atoms with van der Waals surface area (Å²) in [4.78, 5) is 0. The molecule has 0 bridgehead atoms. The van der Waals surface area contributed by atoms with Crippen molar-refractivity contribution in [2.45, 2.75) is 97.2 Å². The number of hydrogen-bond acceptors (Lipinski definition) is 2. The van der Waals surface area contributed by atoms with Gasteiger partial charge in [0, 0.05) is 6.61 Å². The molecule has 0 saturated heterocycles. The van der Waals surface area contributed by atoms with Crippen LogP contribution >= 0.6 is 0 Å². The van der Waals surface area contributed by atoms with Crippen molar-refractivity contribution in [3.05, 3.63) is 24.3 Å². The molecule has 2 heteroatoms. The summed E-state index contributed by atoms with van der Waals surface area (Å²) in [6, 6.07) is 0. The summed E-state index contributed by atoms with van der Waals surface area (Å²) >= 11 is 0. The fourth-order valence-electron chi connectivity index (χ4n) is 2.34. The number of unbranched alkanes of at least 4 members (excludes halogenated alkanes) is 9. The minimum absolute atomic E-state index is 0.613. The number of rotatable bonds is 16. The van der Waals surface area contributed by atoms with E-state index in [1.807, 2.05) is 0 Å². The highest BCUT2D eigenvalue weighted by Gasteiger charge is 1.94. The number of aliphatic hydroxyl groups is 1. The Morgan fingerprint density at radius 3 is 1.91 bits per heavy atom. The fourth-order valence-corrected chi connectivity index (χ4v) is 2.34. The zero-order chi connectivity index (χ0) is 16.3. The highest BCUT2D eigenvalue weighted by molar-refractivity contribution is 4.92. The van der Waals surface area contributed by atoms with Crippen LogP contribution < -0.4 is 0 Å². The zero-order valence-corrected chi connectivity index (χ0v) is 14.9. The van der Waals surface area contributed by atoms with Gasteiger partial charge in [-0.2, -0.15) is 0 Å². The molecule has 0 spiro atoms. The van der Waals surface area contributed by atoms with Crippen LogP contribution in [0.25, 0.3) is 0 Å². The Bertz CT molecular complexity index is 256. The van der Waals surface area contributed by atoms with E-state index in [1.54, 1.807) is 6.92 Å². The lowest BCUT2D eigenvalue weighted by Gasteiger charge is -2.05. The van der Waals surface area contributed by atoms with Gasteiger partial charge in [0.05, 0.1) is 0 Å². The Hall–Kier alpha value is -0.600. The average Bonchev–Trinajstić information content (AvgIpc) is 2.50. The second kappa shape index (κ2) is 18.4. The summed E-state index contributed by atoms with van der Waals surface area (Å²) < 4.78 is 5.10. The van der Waals surface area contributed by atoms with Crippen LogP contribution in [0, 0.1) is 0 Å². The molecule has 0 fully saturated rings. The minimum atomic E-state index is -0.613. The third-order valence-corrected chi connectivity index (χ3v) is 3.70. The van der Waals surface area contributed by atoms with E-state index in [9.17, 15) is 0 Å². The van der Waals surface area contributed by atoms with Gasteiger partial charge < -0.3 is 9.84 Å². The predicted octanol–water partition coefficient (Wildman–Crippen LogP) is 6.15. The lowest BCUT2D eigenvalue weighted by atomic mass is 10.1. The maximum absolute atomic E-state index is 8.95. The number of allylic oxidation sites excluding steroid dienone is 4. The van der Waals surface area contributed by atoms with Crippen LogP contribution in [0.4, 0.5) is 0 Å². The quantitative estimate of drug-likeness (QED) is 0.210. The predicted molar refractivity (Wildman–Crippen MR) is 97.0 cm³/mol. The van der Waals surface area contributed by atoms with Gasteiger partial charge >= 0.3 is 0 Å². The van der Waals surface area contributed by atoms with Gasteiger partial charge in [-0.15, -0.1) is 0 Å². The smallest absolute Gasteiger partial charge is 0.151 e. The average molecular weight is 311 g/mol. The number of aliphatic hydroxyl groups excluding tert-OH is 1. The normalized spacial score (nSPS) is 13.4. The van der Waals surface area contributed by atoms with Crippen molar-refractivity contribution in [1.29, 1.82) is 0 Å². The maximum Gasteiger partial charge on any atom is 0.151 e. The highest BCUT2D eigenvalue weighted by atomic mass is 16.6. The van der Waals surface area contributed by atoms with E-state index in [0.29, 0.717) is 6.61 Å². The van der Waals surface area contributed by atoms with Gasteiger partial charge in [-0.3, -0.25) is 0 Å². The third kappa shape index (κ3) is 19.4. The van der Waals surface area contributed by atoms with Gasteiger partial charge in [-0.25, -0.2) is 0 Å². The highest BCUT2D eigenvalue weighted by Crippen LogP contribution is 2.08. The molecule has 22 heavy (non-hydrogen) atoms. The summed E-state index contributed by atoms with van der Waals surface area (Å²) in [5.41, 5.74) is 0. The third-order valence-electron chi connectivity index (χ3n) is 3.70. The van der Waals surface area contributed by atoms with Crippen LogP contribution in [0.5, 0.6) is 0 Å². The molecule has 0 aromatic carbocycles. The van der Waals surface area contributed by atoms with E-state index in [2.05, 4.69) is 31.2 Å². The summed E-state index contributed by atoms with van der Waals surface area (Å²) in [6.45, 7) is 4.60. The minimum Gasteiger partial charge on any atom is -0.368 e. The number of ether oxygens (including phenoxy) is 1. The summed E-state index contributed by atoms with van der Waals surface area (Å²) in [5, 5.41) is 8.95. The molecule has 0 aromatic heterocycles. The van der Waals surface area contributed by atoms with E-state index >= 15 is 0 Å². The van der Waals surface area contributed by atoms with Crippen LogP contribution in [0.2, 0.25) is 0 Å². The van der Waals surface area contributed by atoms with Crippen LogP contribution in [-0.4, -0.2) is 18.0 Å². The summed E-state index contributed by atoms with van der Waals surface area (Å²) in [6.07, 6.45) is 23.7. The van der Waals surface area contributed by atoms with Crippen molar-refractivity contribution in [2.75, 3.05) is 6.61 Å². The topological polar surface area (TPSA) is 29.5 Å². The second-order valence-electron chi connectivity index (χ2n) is 6.05. The van der Waals surface area contributed by atoms with Crippen molar-refractivity contribution >= 4 is 0 Å². The lowest BCUT2D eigenvalue weighted by Crippen LogP contribution is -2.06. The van der Waals surface area contributed by atoms with E-state index < -0.39 is 6.29 Å². The van der Waals surface area contributed by atoms with Crippen LogP contribution in [-0.2, 0) is 4.74 Å². The molecule has 1 unspecified atom stereocenters. The van der Waals surface area contributed by atoms with Gasteiger partial charge in [0.2, 0.25) is 0 Å². The van der Waals surface area contributed by atoms with Crippen molar-refractivity contribution in [3.8, 4) is 0 Å². The van der Waals surface area contributed by atoms with E-state index in [-0.39, 0.29) is 0 Å². The molecule has 0 aliphatic rings. The van der Waals surface area contributed by atoms with Gasteiger partial charge in [0.15, 0.2) is 6.29 Å². The summed E-state index contributed by atoms with van der Waals surface area (Å²) in [5.74, 6) is 0. The van der Waals surface area contributed by atoms with E-state index in [4.69, 9.17) is 9.84 Å². The molecule has 1 atom stereocenters. The zero-order valence-electron chi connectivity index (χ0n) is 14.9. The van der Waals surface area contributed by atoms with Crippen molar-refractivity contribution in [3.63, 3.8) is 0 Å². The Morgan fingerprint density at radius 1 is 0.773 bits per heavy atom. The molecular formula is C20H38O2. The molecule has 0 radical (unpaired) electrons. The second-order valence-corrected chi connectivity index (χ2v) is 6.05. The molecule has 0 saturated carbocycles. The molecule has 0 amide bonds. The van der Waals surface area contributed by atoms with Gasteiger partial charge in [-0.05, 0) is 45.4 Å². The van der Waals surface area contributed by atoms with Crippen LogP contribution in [0.1, 0.15) is 90.9 Å². The maximum atomic E-state index is 8.95. The Morgan fingerprint density at radius 2 is 1.32 bits per heavy atom. The van der Waals surface area contributed by atoms with Crippen molar-refractivity contribution < 1.29 is 9.84 Å². The van der Waals surface area contributed by atoms with E-state index in [1.165, 1.54) is 64.2 Å². The molecule has 0 aromatic rings. The first-order chi connectivity index (χ1) is 10.8. The molecule has 130 valence electrons. The first-order valence-corrected chi connectivity index (χ1v) is 9.37. The number of hydrogen-bond donors (Lipinski definition) is 1. The largest absolute Gasteiger partial charge is 0.368 e. The van der Waals surface area contributed by atoms with Crippen LogP contribution in [0.15, 0.2) is 24.3 Å². The monoisotopic (exact) mass is 310 g/mol. The van der Waals surface area contributed by atoms with Crippen molar-refractivity contribution in [1.82, 2.24) is 0 Å². The SMILES string of the molecule is CCCCCC=CC/C=C\CCCCCCCCOC(C)O. The fraction of sp³-hybridized carbons (Fsp3) is 0.800. The molecule has 0 rings (SSSR count). The van der Waals surface area contributed by atoms with Gasteiger partial charge in [-0.1, -0.05) is 69.8 Å². The van der Waals surface area contributed by atoms with Gasteiger partial charge in [0.25, 0.3) is 0 Å². The molecular weight excluding hydrogens is 272 g/mol. The first kappa shape index (κ1) is 21.4. The summed E-state index contributed by atoms with van der Waals surface area (Å²) in [7, 11) is 0. The molecule has 0 aliphatic carbocycles. The molecule has 0 heterocycles. The lowest BCUT2D eigenvalue weighted by molar-refractivity contribution is -0.0859. The molecule has 1 N–H and O–H groups in total. The first-order valence-electron chi connectivity index (χ1n) is 9.37. The van der Waals surface area contributed by atoms with E-state index in [0.717, 1.165) is 12.8 Å². The Kier molecular flexibility index (Phi) is 17.9. The van der Waals surface area contributed by atoms with Crippen molar-refractivity contribution in [2.24, 2.45) is 0 Å². The Balaban J connectivity index is 3.14. The van der Waals surface area contributed by atoms with Gasteiger partial charge in [0.1, 0.15) is 0 Å². The standard InChI is InChI=1S/C20H38O2/c1-3-4-5-6-7-8-9-10-11-12-13-14-15-16-17-18-19-22-20(2)21/h7-8,10-11,20-21H,3-6,9,12-19H2,1-2H3/b8-7?,11-10-. The Labute approximate surface area is 138 Å².